The largest absolute Gasteiger partial charge is 0.461 e. The van der Waals surface area contributed by atoms with Crippen LogP contribution in [0.25, 0.3) is 33.1 Å². The van der Waals surface area contributed by atoms with Gasteiger partial charge >= 0.3 is 6.01 Å². The highest BCUT2D eigenvalue weighted by molar-refractivity contribution is 6.33. The summed E-state index contributed by atoms with van der Waals surface area (Å²) < 4.78 is 50.2. The van der Waals surface area contributed by atoms with Crippen molar-refractivity contribution in [1.29, 1.82) is 0 Å². The van der Waals surface area contributed by atoms with Crippen molar-refractivity contribution >= 4 is 39.2 Å². The smallest absolute Gasteiger partial charge is 0.319 e. The van der Waals surface area contributed by atoms with Gasteiger partial charge in [-0.3, -0.25) is 15.0 Å². The minimum absolute atomic E-state index is 0.0313. The summed E-state index contributed by atoms with van der Waals surface area (Å²) in [7, 11) is 0. The number of anilines is 1. The lowest BCUT2D eigenvalue weighted by Gasteiger charge is -2.56. The quantitative estimate of drug-likeness (QED) is 0.326. The summed E-state index contributed by atoms with van der Waals surface area (Å²) in [5, 5.41) is 20.0. The zero-order valence-corrected chi connectivity index (χ0v) is 26.7. The summed E-state index contributed by atoms with van der Waals surface area (Å²) in [5.41, 5.74) is 0.120. The van der Waals surface area contributed by atoms with Gasteiger partial charge in [-0.05, 0) is 43.9 Å². The van der Waals surface area contributed by atoms with E-state index in [2.05, 4.69) is 30.0 Å². The Bertz CT molecular complexity index is 1890. The summed E-state index contributed by atoms with van der Waals surface area (Å²) in [6.45, 7) is 3.51. The molecule has 1 saturated carbocycles. The van der Waals surface area contributed by atoms with Gasteiger partial charge in [0.25, 0.3) is 0 Å². The SMILES string of the molecule is OC12CCOCCc3c(Cl)cc4[nH]ncc4c3-c3ncc4c(nc(OC[C@@]56CCCN5C[C@H](F)C6)nc4c3F)N3CCOC(C3)(C1)C2. The van der Waals surface area contributed by atoms with Crippen LogP contribution in [0.2, 0.25) is 5.02 Å². The third-order valence-electron chi connectivity index (χ3n) is 11.0. The molecule has 3 saturated heterocycles. The van der Waals surface area contributed by atoms with E-state index in [1.807, 2.05) is 0 Å². The molecule has 47 heavy (non-hydrogen) atoms. The molecule has 6 aliphatic heterocycles. The van der Waals surface area contributed by atoms with Crippen LogP contribution in [0.3, 0.4) is 0 Å². The van der Waals surface area contributed by atoms with Gasteiger partial charge in [0, 0.05) is 67.7 Å². The van der Waals surface area contributed by atoms with Gasteiger partial charge in [0.1, 0.15) is 29.8 Å². The van der Waals surface area contributed by atoms with E-state index < -0.39 is 28.7 Å². The summed E-state index contributed by atoms with van der Waals surface area (Å²) in [6.07, 6.45) is 6.32. The van der Waals surface area contributed by atoms with Gasteiger partial charge in [-0.25, -0.2) is 8.78 Å². The van der Waals surface area contributed by atoms with Crippen molar-refractivity contribution in [3.8, 4) is 17.3 Å². The van der Waals surface area contributed by atoms with Gasteiger partial charge < -0.3 is 24.2 Å². The molecule has 4 fully saturated rings. The monoisotopic (exact) mass is 667 g/mol. The van der Waals surface area contributed by atoms with Gasteiger partial charge in [0.05, 0.1) is 47.1 Å². The Labute approximate surface area is 274 Å². The standard InChI is InChI=1S/C33H36ClF2N7O4/c34-23-10-24-21(13-38-41-24)25-20(23)2-7-45-8-4-32(44)15-33(16-32)17-42(6-9-47-33)29-22-12-37-28(25)26(36)27(22)39-30(40-29)46-18-31-3-1-5-43(31)14-19(35)11-31/h10,12-13,19,44H,1-9,11,14-18H2,(H,38,41)/t19-,31+,32?,33?/m1/s1. The molecule has 0 radical (unpaired) electrons. The van der Waals surface area contributed by atoms with Gasteiger partial charge in [-0.15, -0.1) is 0 Å². The van der Waals surface area contributed by atoms with E-state index >= 15 is 4.39 Å². The van der Waals surface area contributed by atoms with Gasteiger partial charge in [0.15, 0.2) is 5.82 Å². The molecule has 7 aliphatic rings. The molecule has 2 atom stereocenters. The first-order valence-electron chi connectivity index (χ1n) is 16.5. The van der Waals surface area contributed by atoms with Crippen LogP contribution in [-0.4, -0.2) is 111 Å². The third-order valence-corrected chi connectivity index (χ3v) is 11.3. The maximum Gasteiger partial charge on any atom is 0.319 e. The topological polar surface area (TPSA) is 122 Å². The van der Waals surface area contributed by atoms with Crippen molar-refractivity contribution in [2.75, 3.05) is 57.5 Å². The van der Waals surface area contributed by atoms with E-state index in [1.165, 1.54) is 0 Å². The number of nitrogens with one attached hydrogen (secondary N) is 1. The Morgan fingerprint density at radius 2 is 2.02 bits per heavy atom. The first kappa shape index (κ1) is 29.9. The lowest BCUT2D eigenvalue weighted by Crippen LogP contribution is -2.66. The Kier molecular flexibility index (Phi) is 6.92. The fraction of sp³-hybridized carbons (Fsp3) is 0.576. The molecule has 2 N–H and O–H groups in total. The highest BCUT2D eigenvalue weighted by Gasteiger charge is 2.56. The Balaban J connectivity index is 1.20. The molecule has 1 aromatic carbocycles. The predicted molar refractivity (Wildman–Crippen MR) is 170 cm³/mol. The lowest BCUT2D eigenvalue weighted by atomic mass is 9.65. The van der Waals surface area contributed by atoms with Gasteiger partial charge in [-0.1, -0.05) is 11.6 Å². The number of halogens is 3. The molecule has 14 heteroatoms. The average molecular weight is 668 g/mol. The number of aliphatic hydroxyl groups is 1. The normalized spacial score (nSPS) is 30.9. The molecule has 9 heterocycles. The minimum atomic E-state index is -0.906. The first-order valence-corrected chi connectivity index (χ1v) is 16.8. The van der Waals surface area contributed by atoms with Crippen LogP contribution < -0.4 is 9.64 Å². The maximum atomic E-state index is 17.1. The number of aromatic nitrogens is 5. The number of hydrogen-bond acceptors (Lipinski definition) is 10. The fourth-order valence-electron chi connectivity index (χ4n) is 8.87. The predicted octanol–water partition coefficient (Wildman–Crippen LogP) is 4.38. The zero-order valence-electron chi connectivity index (χ0n) is 25.9. The molecular formula is C33H36ClF2N7O4. The molecule has 1 aliphatic carbocycles. The van der Waals surface area contributed by atoms with Gasteiger partial charge in [0.2, 0.25) is 0 Å². The minimum Gasteiger partial charge on any atom is -0.461 e. The molecule has 248 valence electrons. The van der Waals surface area contributed by atoms with Crippen molar-refractivity contribution < 1.29 is 28.1 Å². The highest BCUT2D eigenvalue weighted by Crippen LogP contribution is 2.49. The fourth-order valence-corrected chi connectivity index (χ4v) is 9.17. The van der Waals surface area contributed by atoms with Crippen molar-refractivity contribution in [3.05, 3.63) is 34.9 Å². The molecule has 4 aromatic rings. The van der Waals surface area contributed by atoms with Crippen LogP contribution >= 0.6 is 11.6 Å². The molecule has 11 nitrogen and oxygen atoms in total. The number of H-pyrrole nitrogens is 1. The van der Waals surface area contributed by atoms with E-state index in [4.69, 9.17) is 30.8 Å². The van der Waals surface area contributed by atoms with Crippen LogP contribution in [-0.2, 0) is 15.9 Å². The number of benzene rings is 1. The number of rotatable bonds is 3. The van der Waals surface area contributed by atoms with E-state index in [9.17, 15) is 9.50 Å². The number of ether oxygens (including phenoxy) is 3. The average Bonchev–Trinajstić information content (AvgIpc) is 3.73. The number of alkyl halides is 1. The van der Waals surface area contributed by atoms with Crippen LogP contribution in [0.15, 0.2) is 18.5 Å². The van der Waals surface area contributed by atoms with Gasteiger partial charge in [-0.2, -0.15) is 15.1 Å². The summed E-state index contributed by atoms with van der Waals surface area (Å²) >= 11 is 6.81. The van der Waals surface area contributed by atoms with Crippen molar-refractivity contribution in [3.63, 3.8) is 0 Å². The molecular weight excluding hydrogens is 632 g/mol. The first-order chi connectivity index (χ1) is 22.7. The summed E-state index contributed by atoms with van der Waals surface area (Å²) in [5.74, 6) is -0.136. The second-order valence-electron chi connectivity index (χ2n) is 14.1. The highest BCUT2D eigenvalue weighted by atomic mass is 35.5. The number of fused-ring (bicyclic) bond motifs is 2. The summed E-state index contributed by atoms with van der Waals surface area (Å²) in [4.78, 5) is 18.4. The van der Waals surface area contributed by atoms with Crippen molar-refractivity contribution in [1.82, 2.24) is 30.0 Å². The van der Waals surface area contributed by atoms with Crippen molar-refractivity contribution in [2.45, 2.75) is 67.9 Å². The summed E-state index contributed by atoms with van der Waals surface area (Å²) in [6, 6.07) is 1.81. The molecule has 7 bridgehead atoms. The van der Waals surface area contributed by atoms with E-state index in [-0.39, 0.29) is 23.8 Å². The molecule has 0 amide bonds. The third kappa shape index (κ3) is 4.87. The second kappa shape index (κ2) is 10.9. The Morgan fingerprint density at radius 1 is 1.13 bits per heavy atom. The number of aromatic amines is 1. The van der Waals surface area contributed by atoms with E-state index in [0.29, 0.717) is 110 Å². The number of morpholine rings is 1. The molecule has 1 spiro atoms. The molecule has 0 unspecified atom stereocenters. The Morgan fingerprint density at radius 3 is 2.91 bits per heavy atom. The van der Waals surface area contributed by atoms with Crippen LogP contribution in [0.4, 0.5) is 14.6 Å². The molecule has 11 rings (SSSR count). The van der Waals surface area contributed by atoms with Crippen LogP contribution in [0, 0.1) is 5.82 Å². The van der Waals surface area contributed by atoms with E-state index in [1.54, 1.807) is 18.5 Å². The lowest BCUT2D eigenvalue weighted by molar-refractivity contribution is -0.215. The maximum absolute atomic E-state index is 17.1. The number of pyridine rings is 1. The van der Waals surface area contributed by atoms with Crippen LogP contribution in [0.5, 0.6) is 6.01 Å². The Hall–Kier alpha value is -3.23. The zero-order chi connectivity index (χ0) is 32.0. The second-order valence-corrected chi connectivity index (χ2v) is 14.5. The molecule has 3 aromatic heterocycles. The number of nitrogens with zero attached hydrogens (tertiary/aromatic N) is 6. The number of hydrogen-bond donors (Lipinski definition) is 2. The van der Waals surface area contributed by atoms with Crippen molar-refractivity contribution in [2.24, 2.45) is 0 Å². The van der Waals surface area contributed by atoms with E-state index in [0.717, 1.165) is 19.4 Å². The van der Waals surface area contributed by atoms with Crippen LogP contribution in [0.1, 0.15) is 44.1 Å².